The van der Waals surface area contributed by atoms with Crippen LogP contribution in [-0.4, -0.2) is 66.9 Å². The van der Waals surface area contributed by atoms with Gasteiger partial charge in [-0.3, -0.25) is 14.7 Å². The average Bonchev–Trinajstić information content (AvgIpc) is 2.94. The Morgan fingerprint density at radius 2 is 1.80 bits per heavy atom. The van der Waals surface area contributed by atoms with E-state index in [2.05, 4.69) is 37.4 Å². The molecule has 2 aromatic carbocycles. The number of benzene rings is 2. The predicted octanol–water partition coefficient (Wildman–Crippen LogP) is 4.16. The third kappa shape index (κ3) is 8.06. The van der Waals surface area contributed by atoms with Gasteiger partial charge in [0.25, 0.3) is 5.91 Å². The van der Waals surface area contributed by atoms with Gasteiger partial charge in [-0.1, -0.05) is 24.0 Å². The van der Waals surface area contributed by atoms with Crippen LogP contribution in [0.5, 0.6) is 0 Å². The molecule has 0 unspecified atom stereocenters. The molecule has 1 fully saturated rings. The maximum absolute atomic E-state index is 14.0. The van der Waals surface area contributed by atoms with Gasteiger partial charge in [-0.2, -0.15) is 13.2 Å². The van der Waals surface area contributed by atoms with Gasteiger partial charge in [-0.05, 0) is 61.5 Å². The van der Waals surface area contributed by atoms with Crippen molar-refractivity contribution in [1.29, 1.82) is 0 Å². The maximum Gasteiger partial charge on any atom is 0.416 e. The van der Waals surface area contributed by atoms with Gasteiger partial charge in [-0.25, -0.2) is 4.98 Å². The number of piperazine rings is 1. The van der Waals surface area contributed by atoms with Crippen molar-refractivity contribution in [2.24, 2.45) is 10.7 Å². The number of carbonyl (C=O) groups is 1. The molecule has 4 N–H and O–H groups in total. The van der Waals surface area contributed by atoms with E-state index >= 15 is 0 Å². The number of carbonyl (C=O) groups excluding carboxylic acids is 1. The fourth-order valence-corrected chi connectivity index (χ4v) is 4.31. The molecular formula is C30H32F3N7O. The number of nitrogens with two attached hydrogens (primary N) is 1. The molecule has 0 radical (unpaired) electrons. The molecule has 41 heavy (non-hydrogen) atoms. The molecule has 0 aliphatic carbocycles. The molecule has 0 saturated carbocycles. The van der Waals surface area contributed by atoms with Crippen LogP contribution >= 0.6 is 0 Å². The van der Waals surface area contributed by atoms with Gasteiger partial charge in [0, 0.05) is 68.3 Å². The minimum Gasteiger partial charge on any atom is -0.370 e. The largest absolute Gasteiger partial charge is 0.416 e. The number of pyridine rings is 1. The summed E-state index contributed by atoms with van der Waals surface area (Å²) in [6.07, 6.45) is -2.97. The van der Waals surface area contributed by atoms with Crippen LogP contribution in [0.3, 0.4) is 0 Å². The lowest BCUT2D eigenvalue weighted by Crippen LogP contribution is -2.44. The molecule has 1 aliphatic rings. The molecule has 0 atom stereocenters. The first-order chi connectivity index (χ1) is 19.5. The second kappa shape index (κ2) is 12.8. The molecule has 1 amide bonds. The van der Waals surface area contributed by atoms with Crippen LogP contribution in [0.4, 0.5) is 24.7 Å². The van der Waals surface area contributed by atoms with Crippen LogP contribution in [0.1, 0.15) is 38.2 Å². The molecule has 3 aromatic rings. The number of aromatic nitrogens is 1. The normalized spacial score (nSPS) is 14.7. The Kier molecular flexibility index (Phi) is 9.27. The van der Waals surface area contributed by atoms with E-state index in [0.717, 1.165) is 24.7 Å². The summed E-state index contributed by atoms with van der Waals surface area (Å²) in [4.78, 5) is 25.2. The van der Waals surface area contributed by atoms with E-state index in [-0.39, 0.29) is 29.3 Å². The molecule has 214 valence electrons. The molecule has 0 bridgehead atoms. The number of aliphatic imine (C=N–C) groups is 1. The second-order valence-corrected chi connectivity index (χ2v) is 9.85. The van der Waals surface area contributed by atoms with Crippen molar-refractivity contribution in [3.8, 4) is 11.8 Å². The first kappa shape index (κ1) is 29.6. The van der Waals surface area contributed by atoms with Gasteiger partial charge in [-0.15, -0.1) is 0 Å². The lowest BCUT2D eigenvalue weighted by molar-refractivity contribution is -0.138. The molecule has 8 nitrogen and oxygen atoms in total. The zero-order valence-electron chi connectivity index (χ0n) is 23.1. The number of nitrogens with zero attached hydrogens (tertiary/aromatic N) is 4. The number of alkyl halides is 3. The third-order valence-corrected chi connectivity index (χ3v) is 6.76. The Morgan fingerprint density at radius 1 is 1.05 bits per heavy atom. The van der Waals surface area contributed by atoms with Crippen molar-refractivity contribution in [2.75, 3.05) is 50.9 Å². The van der Waals surface area contributed by atoms with Crippen LogP contribution in [0.2, 0.25) is 0 Å². The van der Waals surface area contributed by atoms with Crippen molar-refractivity contribution >= 4 is 23.4 Å². The molecule has 2 heterocycles. The maximum atomic E-state index is 14.0. The number of amides is 1. The predicted molar refractivity (Wildman–Crippen MR) is 155 cm³/mol. The Balaban J connectivity index is 1.51. The molecule has 11 heteroatoms. The molecule has 1 aliphatic heterocycles. The van der Waals surface area contributed by atoms with Crippen LogP contribution in [0.25, 0.3) is 0 Å². The summed E-state index contributed by atoms with van der Waals surface area (Å²) in [5.74, 6) is 6.26. The molecule has 0 spiro atoms. The van der Waals surface area contributed by atoms with Crippen LogP contribution in [0, 0.1) is 18.8 Å². The van der Waals surface area contributed by atoms with E-state index in [1.54, 1.807) is 43.6 Å². The third-order valence-electron chi connectivity index (χ3n) is 6.76. The number of halogens is 3. The number of hydrogen-bond acceptors (Lipinski definition) is 5. The van der Waals surface area contributed by atoms with Crippen LogP contribution in [0.15, 0.2) is 59.7 Å². The number of hydrogen-bond donors (Lipinski definition) is 3. The fourth-order valence-electron chi connectivity index (χ4n) is 4.31. The van der Waals surface area contributed by atoms with E-state index < -0.39 is 17.6 Å². The standard InChI is InChI=1S/C30H32F3N7O/c1-20-4-6-23(17-22(20)7-5-21-10-11-36-27(16-21)38-29(34)35-2)28(41)37-25-9-8-24(26(18-25)30(31,32)33)19-40-14-12-39(3)13-15-40/h4,6,8-11,16-18H,12-15,19H2,1-3H3,(H,37,41)(H3,34,35,36,38). The number of guanidine groups is 1. The minimum atomic E-state index is -4.55. The van der Waals surface area contributed by atoms with Gasteiger partial charge in [0.15, 0.2) is 5.96 Å². The van der Waals surface area contributed by atoms with Gasteiger partial charge >= 0.3 is 6.18 Å². The molecular weight excluding hydrogens is 531 g/mol. The van der Waals surface area contributed by atoms with E-state index in [1.807, 2.05) is 18.9 Å². The quantitative estimate of drug-likeness (QED) is 0.245. The van der Waals surface area contributed by atoms with Crippen molar-refractivity contribution in [1.82, 2.24) is 14.8 Å². The Bertz CT molecular complexity index is 1500. The smallest absolute Gasteiger partial charge is 0.370 e. The topological polar surface area (TPSA) is 98.9 Å². The van der Waals surface area contributed by atoms with E-state index in [1.165, 1.54) is 12.1 Å². The van der Waals surface area contributed by atoms with Crippen molar-refractivity contribution < 1.29 is 18.0 Å². The molecule has 1 aromatic heterocycles. The molecule has 4 rings (SSSR count). The van der Waals surface area contributed by atoms with E-state index in [9.17, 15) is 18.0 Å². The highest BCUT2D eigenvalue weighted by Crippen LogP contribution is 2.34. The van der Waals surface area contributed by atoms with Crippen molar-refractivity contribution in [3.63, 3.8) is 0 Å². The van der Waals surface area contributed by atoms with E-state index in [4.69, 9.17) is 5.73 Å². The fraction of sp³-hybridized carbons (Fsp3) is 0.300. The first-order valence-corrected chi connectivity index (χ1v) is 13.0. The highest BCUT2D eigenvalue weighted by Gasteiger charge is 2.34. The summed E-state index contributed by atoms with van der Waals surface area (Å²) in [6.45, 7) is 5.08. The summed E-state index contributed by atoms with van der Waals surface area (Å²) in [5.41, 5.74) is 7.59. The zero-order chi connectivity index (χ0) is 29.6. The lowest BCUT2D eigenvalue weighted by atomic mass is 10.0. The molecule has 1 saturated heterocycles. The first-order valence-electron chi connectivity index (χ1n) is 13.0. The second-order valence-electron chi connectivity index (χ2n) is 9.85. The zero-order valence-corrected chi connectivity index (χ0v) is 23.1. The highest BCUT2D eigenvalue weighted by atomic mass is 19.4. The number of aryl methyl sites for hydroxylation is 1. The summed E-state index contributed by atoms with van der Waals surface area (Å²) < 4.78 is 41.9. The highest BCUT2D eigenvalue weighted by molar-refractivity contribution is 6.04. The van der Waals surface area contributed by atoms with Gasteiger partial charge in [0.05, 0.1) is 5.56 Å². The monoisotopic (exact) mass is 563 g/mol. The number of nitrogens with one attached hydrogen (secondary N) is 2. The van der Waals surface area contributed by atoms with Gasteiger partial charge < -0.3 is 21.3 Å². The van der Waals surface area contributed by atoms with E-state index in [0.29, 0.717) is 30.0 Å². The Morgan fingerprint density at radius 3 is 2.51 bits per heavy atom. The summed E-state index contributed by atoms with van der Waals surface area (Å²) >= 11 is 0. The number of likely N-dealkylation sites (N-methyl/N-ethyl adjacent to an activating group) is 1. The summed E-state index contributed by atoms with van der Waals surface area (Å²) in [7, 11) is 3.55. The lowest BCUT2D eigenvalue weighted by Gasteiger charge is -2.33. The Labute approximate surface area is 237 Å². The minimum absolute atomic E-state index is 0.0735. The van der Waals surface area contributed by atoms with Crippen LogP contribution < -0.4 is 16.4 Å². The summed E-state index contributed by atoms with van der Waals surface area (Å²) in [5, 5.41) is 5.46. The van der Waals surface area contributed by atoms with Gasteiger partial charge in [0.2, 0.25) is 0 Å². The van der Waals surface area contributed by atoms with Crippen molar-refractivity contribution in [2.45, 2.75) is 19.6 Å². The Hall–Kier alpha value is -4.40. The average molecular weight is 564 g/mol. The summed E-state index contributed by atoms with van der Waals surface area (Å²) in [6, 6.07) is 12.4. The SMILES string of the molecule is CN=C(N)Nc1cc(C#Cc2cc(C(=O)Nc3ccc(CN4CCN(C)CC4)c(C(F)(F)F)c3)ccc2C)ccn1. The van der Waals surface area contributed by atoms with Crippen molar-refractivity contribution in [3.05, 3.63) is 88.1 Å². The number of anilines is 2. The van der Waals surface area contributed by atoms with Gasteiger partial charge in [0.1, 0.15) is 5.82 Å². The number of rotatable bonds is 5. The van der Waals surface area contributed by atoms with Crippen LogP contribution in [-0.2, 0) is 12.7 Å².